The smallest absolute Gasteiger partial charge is 0.123 e. The fraction of sp³-hybridized carbons (Fsp3) is 0.294. The van der Waals surface area contributed by atoms with Crippen molar-refractivity contribution in [3.8, 4) is 0 Å². The standard InChI is InChI=1S/C17H18FN/c1-12-6-7-16(18)8-15(12)11-17(19)9-13-4-2-3-5-14(13)10-17/h2-8H,9-11,19H2,1H3. The Balaban J connectivity index is 1.87. The highest BCUT2D eigenvalue weighted by Crippen LogP contribution is 2.31. The number of nitrogens with two attached hydrogens (primary N) is 1. The molecule has 3 rings (SSSR count). The minimum absolute atomic E-state index is 0.181. The second-order valence-corrected chi connectivity index (χ2v) is 5.73. The van der Waals surface area contributed by atoms with E-state index in [4.69, 9.17) is 5.73 Å². The van der Waals surface area contributed by atoms with E-state index in [1.807, 2.05) is 13.0 Å². The molecule has 0 radical (unpaired) electrons. The lowest BCUT2D eigenvalue weighted by Crippen LogP contribution is -2.43. The highest BCUT2D eigenvalue weighted by atomic mass is 19.1. The van der Waals surface area contributed by atoms with Crippen molar-refractivity contribution in [1.82, 2.24) is 0 Å². The van der Waals surface area contributed by atoms with E-state index in [0.29, 0.717) is 0 Å². The molecular weight excluding hydrogens is 237 g/mol. The molecule has 2 heteroatoms. The molecule has 1 aliphatic rings. The molecule has 2 aromatic carbocycles. The third-order valence-electron chi connectivity index (χ3n) is 4.06. The summed E-state index contributed by atoms with van der Waals surface area (Å²) in [5.41, 5.74) is 11.1. The quantitative estimate of drug-likeness (QED) is 0.876. The van der Waals surface area contributed by atoms with Crippen LogP contribution < -0.4 is 5.73 Å². The number of rotatable bonds is 2. The van der Waals surface area contributed by atoms with Crippen LogP contribution in [0.1, 0.15) is 22.3 Å². The Bertz CT molecular complexity index is 593. The molecule has 0 saturated carbocycles. The van der Waals surface area contributed by atoms with E-state index >= 15 is 0 Å². The van der Waals surface area contributed by atoms with Crippen LogP contribution in [0.2, 0.25) is 0 Å². The third-order valence-corrected chi connectivity index (χ3v) is 4.06. The van der Waals surface area contributed by atoms with Crippen LogP contribution in [0.4, 0.5) is 4.39 Å². The molecule has 2 N–H and O–H groups in total. The zero-order valence-electron chi connectivity index (χ0n) is 11.1. The minimum Gasteiger partial charge on any atom is -0.324 e. The van der Waals surface area contributed by atoms with Gasteiger partial charge in [-0.05, 0) is 60.6 Å². The number of halogens is 1. The monoisotopic (exact) mass is 255 g/mol. The molecular formula is C17H18FN. The van der Waals surface area contributed by atoms with Gasteiger partial charge in [0.15, 0.2) is 0 Å². The topological polar surface area (TPSA) is 26.0 Å². The molecule has 0 aliphatic heterocycles. The van der Waals surface area contributed by atoms with Crippen LogP contribution >= 0.6 is 0 Å². The molecule has 0 bridgehead atoms. The van der Waals surface area contributed by atoms with Crippen LogP contribution in [-0.4, -0.2) is 5.54 Å². The molecule has 2 aromatic rings. The highest BCUT2D eigenvalue weighted by Gasteiger charge is 2.33. The second kappa shape index (κ2) is 4.46. The van der Waals surface area contributed by atoms with Crippen molar-refractivity contribution in [2.24, 2.45) is 5.73 Å². The van der Waals surface area contributed by atoms with Gasteiger partial charge in [0.1, 0.15) is 5.82 Å². The molecule has 0 heterocycles. The molecule has 0 aromatic heterocycles. The first-order valence-corrected chi connectivity index (χ1v) is 6.66. The largest absolute Gasteiger partial charge is 0.324 e. The van der Waals surface area contributed by atoms with Crippen LogP contribution in [0.15, 0.2) is 42.5 Å². The van der Waals surface area contributed by atoms with E-state index in [2.05, 4.69) is 24.3 Å². The summed E-state index contributed by atoms with van der Waals surface area (Å²) in [5.74, 6) is -0.181. The van der Waals surface area contributed by atoms with Crippen molar-refractivity contribution < 1.29 is 4.39 Å². The maximum absolute atomic E-state index is 13.4. The van der Waals surface area contributed by atoms with Gasteiger partial charge in [-0.2, -0.15) is 0 Å². The number of benzene rings is 2. The maximum atomic E-state index is 13.4. The molecule has 98 valence electrons. The number of hydrogen-bond acceptors (Lipinski definition) is 1. The number of fused-ring (bicyclic) bond motifs is 1. The maximum Gasteiger partial charge on any atom is 0.123 e. The molecule has 0 fully saturated rings. The van der Waals surface area contributed by atoms with E-state index in [1.165, 1.54) is 17.2 Å². The summed E-state index contributed by atoms with van der Waals surface area (Å²) in [4.78, 5) is 0. The van der Waals surface area contributed by atoms with Gasteiger partial charge >= 0.3 is 0 Å². The average molecular weight is 255 g/mol. The van der Waals surface area contributed by atoms with Gasteiger partial charge in [-0.15, -0.1) is 0 Å². The molecule has 19 heavy (non-hydrogen) atoms. The Labute approximate surface area is 113 Å². The van der Waals surface area contributed by atoms with E-state index in [1.54, 1.807) is 6.07 Å². The van der Waals surface area contributed by atoms with Gasteiger partial charge < -0.3 is 5.73 Å². The molecule has 1 aliphatic carbocycles. The SMILES string of the molecule is Cc1ccc(F)cc1CC1(N)Cc2ccccc2C1. The Morgan fingerprint density at radius 2 is 1.74 bits per heavy atom. The summed E-state index contributed by atoms with van der Waals surface area (Å²) < 4.78 is 13.4. The molecule has 0 spiro atoms. The van der Waals surface area contributed by atoms with E-state index in [0.717, 1.165) is 30.4 Å². The lowest BCUT2D eigenvalue weighted by Gasteiger charge is -2.24. The number of hydrogen-bond donors (Lipinski definition) is 1. The summed E-state index contributed by atoms with van der Waals surface area (Å²) >= 11 is 0. The van der Waals surface area contributed by atoms with Crippen molar-refractivity contribution in [2.45, 2.75) is 31.7 Å². The van der Waals surface area contributed by atoms with Crippen LogP contribution in [0, 0.1) is 12.7 Å². The van der Waals surface area contributed by atoms with Crippen molar-refractivity contribution >= 4 is 0 Å². The second-order valence-electron chi connectivity index (χ2n) is 5.73. The van der Waals surface area contributed by atoms with Gasteiger partial charge in [0.25, 0.3) is 0 Å². The highest BCUT2D eigenvalue weighted by molar-refractivity contribution is 5.38. The normalized spacial score (nSPS) is 16.4. The van der Waals surface area contributed by atoms with Crippen molar-refractivity contribution in [1.29, 1.82) is 0 Å². The predicted octanol–water partition coefficient (Wildman–Crippen LogP) is 3.17. The zero-order chi connectivity index (χ0) is 13.5. The number of aryl methyl sites for hydroxylation is 1. The Morgan fingerprint density at radius 3 is 2.37 bits per heavy atom. The molecule has 0 atom stereocenters. The first kappa shape index (κ1) is 12.4. The molecule has 0 saturated heterocycles. The third kappa shape index (κ3) is 2.41. The summed E-state index contributed by atoms with van der Waals surface area (Å²) in [6.07, 6.45) is 2.48. The van der Waals surface area contributed by atoms with Crippen molar-refractivity contribution in [2.75, 3.05) is 0 Å². The Hall–Kier alpha value is -1.67. The van der Waals surface area contributed by atoms with Crippen LogP contribution in [0.25, 0.3) is 0 Å². The fourth-order valence-electron chi connectivity index (χ4n) is 3.06. The van der Waals surface area contributed by atoms with E-state index in [9.17, 15) is 4.39 Å². The Kier molecular flexibility index (Phi) is 2.90. The summed E-state index contributed by atoms with van der Waals surface area (Å²) in [6, 6.07) is 13.3. The summed E-state index contributed by atoms with van der Waals surface area (Å²) in [6.45, 7) is 2.01. The lowest BCUT2D eigenvalue weighted by atomic mass is 9.87. The van der Waals surface area contributed by atoms with Crippen molar-refractivity contribution in [3.63, 3.8) is 0 Å². The first-order valence-electron chi connectivity index (χ1n) is 6.66. The van der Waals surface area contributed by atoms with Crippen LogP contribution in [0.3, 0.4) is 0 Å². The lowest BCUT2D eigenvalue weighted by molar-refractivity contribution is 0.444. The summed E-state index contributed by atoms with van der Waals surface area (Å²) in [7, 11) is 0. The zero-order valence-corrected chi connectivity index (χ0v) is 11.1. The minimum atomic E-state index is -0.276. The molecule has 0 unspecified atom stereocenters. The van der Waals surface area contributed by atoms with Gasteiger partial charge in [-0.3, -0.25) is 0 Å². The first-order chi connectivity index (χ1) is 9.06. The Morgan fingerprint density at radius 1 is 1.11 bits per heavy atom. The molecule has 1 nitrogen and oxygen atoms in total. The van der Waals surface area contributed by atoms with Gasteiger partial charge in [0, 0.05) is 5.54 Å². The average Bonchev–Trinajstić information content (AvgIpc) is 2.69. The summed E-state index contributed by atoms with van der Waals surface area (Å²) in [5, 5.41) is 0. The predicted molar refractivity (Wildman–Crippen MR) is 75.6 cm³/mol. The van der Waals surface area contributed by atoms with Gasteiger partial charge in [-0.1, -0.05) is 30.3 Å². The van der Waals surface area contributed by atoms with Crippen LogP contribution in [0.5, 0.6) is 0 Å². The van der Waals surface area contributed by atoms with Gasteiger partial charge in [0.2, 0.25) is 0 Å². The van der Waals surface area contributed by atoms with Crippen molar-refractivity contribution in [3.05, 3.63) is 70.5 Å². The fourth-order valence-corrected chi connectivity index (χ4v) is 3.06. The van der Waals surface area contributed by atoms with E-state index in [-0.39, 0.29) is 11.4 Å². The van der Waals surface area contributed by atoms with Gasteiger partial charge in [-0.25, -0.2) is 4.39 Å². The van der Waals surface area contributed by atoms with Crippen LogP contribution in [-0.2, 0) is 19.3 Å². The molecule has 0 amide bonds. The van der Waals surface area contributed by atoms with E-state index < -0.39 is 0 Å². The van der Waals surface area contributed by atoms with Gasteiger partial charge in [0.05, 0.1) is 0 Å².